The van der Waals surface area contributed by atoms with Gasteiger partial charge in [-0.25, -0.2) is 0 Å². The minimum Gasteiger partial charge on any atom is -0.352 e. The van der Waals surface area contributed by atoms with Gasteiger partial charge in [0.25, 0.3) is 23.2 Å². The Bertz CT molecular complexity index is 977. The van der Waals surface area contributed by atoms with Gasteiger partial charge in [-0.1, -0.05) is 12.1 Å². The lowest BCUT2D eigenvalue weighted by Crippen LogP contribution is -2.35. The van der Waals surface area contributed by atoms with Crippen molar-refractivity contribution in [2.24, 2.45) is 0 Å². The fourth-order valence-corrected chi connectivity index (χ4v) is 2.51. The van der Waals surface area contributed by atoms with E-state index in [-0.39, 0.29) is 22.1 Å². The van der Waals surface area contributed by atoms with Crippen LogP contribution in [0, 0.1) is 20.2 Å². The van der Waals surface area contributed by atoms with Crippen LogP contribution in [-0.2, 0) is 0 Å². The summed E-state index contributed by atoms with van der Waals surface area (Å²) in [5.41, 5.74) is -0.910. The third kappa shape index (κ3) is 5.52. The number of amides is 2. The molecule has 2 aromatic rings. The molecule has 0 aliphatic rings. The maximum Gasteiger partial charge on any atom is 0.277 e. The fourth-order valence-electron chi connectivity index (χ4n) is 2.31. The van der Waals surface area contributed by atoms with Crippen LogP contribution in [0.5, 0.6) is 0 Å². The molecule has 150 valence electrons. The van der Waals surface area contributed by atoms with Crippen LogP contribution in [-0.4, -0.2) is 33.3 Å². The summed E-state index contributed by atoms with van der Waals surface area (Å²) < 4.78 is 0. The highest BCUT2D eigenvalue weighted by Gasteiger charge is 2.20. The van der Waals surface area contributed by atoms with Gasteiger partial charge in [0, 0.05) is 18.7 Å². The van der Waals surface area contributed by atoms with E-state index < -0.39 is 27.1 Å². The van der Waals surface area contributed by atoms with Crippen molar-refractivity contribution >= 4 is 46.2 Å². The number of rotatable bonds is 6. The zero-order chi connectivity index (χ0) is 21.6. The van der Waals surface area contributed by atoms with E-state index in [1.807, 2.05) is 0 Å². The molecule has 0 saturated carbocycles. The number of hydrogen-bond acceptors (Lipinski definition) is 7. The van der Waals surface area contributed by atoms with Gasteiger partial charge < -0.3 is 10.6 Å². The lowest BCUT2D eigenvalue weighted by atomic mass is 10.1. The summed E-state index contributed by atoms with van der Waals surface area (Å²) >= 11 is 5.05. The second-order valence-corrected chi connectivity index (χ2v) is 5.97. The SMILES string of the molecule is CCNC(=O)c1ccccc1NC(=S)NC(=O)c1cc([N+](=O)[O-])cc([N+](=O)[O-])c1. The van der Waals surface area contributed by atoms with Gasteiger partial charge >= 0.3 is 0 Å². The van der Waals surface area contributed by atoms with Crippen molar-refractivity contribution in [1.29, 1.82) is 0 Å². The van der Waals surface area contributed by atoms with Gasteiger partial charge in [0.1, 0.15) is 0 Å². The molecular formula is C17H15N5O6S. The number of carbonyl (C=O) groups is 2. The smallest absolute Gasteiger partial charge is 0.277 e. The monoisotopic (exact) mass is 417 g/mol. The molecule has 3 N–H and O–H groups in total. The summed E-state index contributed by atoms with van der Waals surface area (Å²) in [6.07, 6.45) is 0. The van der Waals surface area contributed by atoms with Crippen LogP contribution in [0.25, 0.3) is 0 Å². The second kappa shape index (κ2) is 9.32. The van der Waals surface area contributed by atoms with Crippen LogP contribution in [0.2, 0.25) is 0 Å². The number of carbonyl (C=O) groups excluding carboxylic acids is 2. The maximum absolute atomic E-state index is 12.4. The normalized spacial score (nSPS) is 9.97. The number of nitro benzene ring substituents is 2. The van der Waals surface area contributed by atoms with E-state index in [0.29, 0.717) is 12.2 Å². The van der Waals surface area contributed by atoms with Gasteiger partial charge in [-0.05, 0) is 31.3 Å². The maximum atomic E-state index is 12.4. The van der Waals surface area contributed by atoms with Gasteiger partial charge in [-0.2, -0.15) is 0 Å². The molecule has 0 saturated heterocycles. The van der Waals surface area contributed by atoms with Crippen molar-refractivity contribution in [3.8, 4) is 0 Å². The van der Waals surface area contributed by atoms with Crippen LogP contribution < -0.4 is 16.0 Å². The molecule has 0 aromatic heterocycles. The highest BCUT2D eigenvalue weighted by molar-refractivity contribution is 7.80. The zero-order valence-electron chi connectivity index (χ0n) is 15.0. The quantitative estimate of drug-likeness (QED) is 0.367. The fraction of sp³-hybridized carbons (Fsp3) is 0.118. The zero-order valence-corrected chi connectivity index (χ0v) is 15.8. The molecule has 29 heavy (non-hydrogen) atoms. The third-order valence-electron chi connectivity index (χ3n) is 3.57. The van der Waals surface area contributed by atoms with Crippen molar-refractivity contribution in [1.82, 2.24) is 10.6 Å². The van der Waals surface area contributed by atoms with E-state index in [9.17, 15) is 29.8 Å². The van der Waals surface area contributed by atoms with Crippen molar-refractivity contribution in [2.45, 2.75) is 6.92 Å². The first-order chi connectivity index (χ1) is 13.7. The Morgan fingerprint density at radius 1 is 1.00 bits per heavy atom. The Morgan fingerprint density at radius 3 is 2.14 bits per heavy atom. The molecule has 0 spiro atoms. The predicted molar refractivity (Wildman–Crippen MR) is 108 cm³/mol. The number of benzene rings is 2. The average molecular weight is 417 g/mol. The van der Waals surface area contributed by atoms with Gasteiger partial charge in [0.05, 0.1) is 32.7 Å². The molecule has 0 unspecified atom stereocenters. The summed E-state index contributed by atoms with van der Waals surface area (Å²) in [6, 6.07) is 8.97. The Balaban J connectivity index is 2.20. The van der Waals surface area contributed by atoms with Gasteiger partial charge in [0.2, 0.25) is 0 Å². The van der Waals surface area contributed by atoms with E-state index in [1.54, 1.807) is 31.2 Å². The number of para-hydroxylation sites is 1. The molecule has 0 aliphatic carbocycles. The Labute approximate surface area is 169 Å². The van der Waals surface area contributed by atoms with Crippen LogP contribution in [0.15, 0.2) is 42.5 Å². The van der Waals surface area contributed by atoms with Crippen LogP contribution in [0.1, 0.15) is 27.6 Å². The van der Waals surface area contributed by atoms with Gasteiger partial charge in [-0.15, -0.1) is 0 Å². The first-order valence-electron chi connectivity index (χ1n) is 8.16. The number of nitrogens with one attached hydrogen (secondary N) is 3. The number of anilines is 1. The van der Waals surface area contributed by atoms with E-state index in [1.165, 1.54) is 0 Å². The summed E-state index contributed by atoms with van der Waals surface area (Å²) in [4.78, 5) is 44.6. The van der Waals surface area contributed by atoms with Crippen molar-refractivity contribution in [3.63, 3.8) is 0 Å². The van der Waals surface area contributed by atoms with Gasteiger partial charge in [-0.3, -0.25) is 35.1 Å². The molecule has 2 rings (SSSR count). The minimum absolute atomic E-state index is 0.194. The van der Waals surface area contributed by atoms with Crippen LogP contribution in [0.4, 0.5) is 17.1 Å². The van der Waals surface area contributed by atoms with Crippen LogP contribution in [0.3, 0.4) is 0 Å². The molecule has 0 radical (unpaired) electrons. The summed E-state index contributed by atoms with van der Waals surface area (Å²) in [6.45, 7) is 2.18. The molecule has 0 bridgehead atoms. The number of nitro groups is 2. The van der Waals surface area contributed by atoms with E-state index >= 15 is 0 Å². The first-order valence-corrected chi connectivity index (χ1v) is 8.57. The molecule has 11 nitrogen and oxygen atoms in total. The van der Waals surface area contributed by atoms with E-state index in [2.05, 4.69) is 16.0 Å². The molecule has 0 atom stereocenters. The number of nitrogens with zero attached hydrogens (tertiary/aromatic N) is 2. The van der Waals surface area contributed by atoms with Gasteiger partial charge in [0.15, 0.2) is 5.11 Å². The van der Waals surface area contributed by atoms with Crippen molar-refractivity contribution in [2.75, 3.05) is 11.9 Å². The number of thiocarbonyl (C=S) groups is 1. The molecule has 0 heterocycles. The van der Waals surface area contributed by atoms with Crippen molar-refractivity contribution < 1.29 is 19.4 Å². The summed E-state index contributed by atoms with van der Waals surface area (Å²) in [7, 11) is 0. The standard InChI is InChI=1S/C17H15N5O6S/c1-2-18-16(24)13-5-3-4-6-14(13)19-17(29)20-15(23)10-7-11(21(25)26)9-12(8-10)22(27)28/h3-9H,2H2,1H3,(H,18,24)(H2,19,20,23,29). The Hall–Kier alpha value is -3.93. The molecule has 0 aliphatic heterocycles. The first kappa shape index (κ1) is 21.4. The molecule has 2 amide bonds. The van der Waals surface area contributed by atoms with Crippen LogP contribution >= 0.6 is 12.2 Å². The third-order valence-corrected chi connectivity index (χ3v) is 3.77. The van der Waals surface area contributed by atoms with E-state index in [4.69, 9.17) is 12.2 Å². The summed E-state index contributed by atoms with van der Waals surface area (Å²) in [5, 5.41) is 29.3. The molecular weight excluding hydrogens is 402 g/mol. The molecule has 12 heteroatoms. The highest BCUT2D eigenvalue weighted by Crippen LogP contribution is 2.22. The minimum atomic E-state index is -0.884. The lowest BCUT2D eigenvalue weighted by molar-refractivity contribution is -0.394. The molecule has 2 aromatic carbocycles. The Kier molecular flexibility index (Phi) is 6.87. The summed E-state index contributed by atoms with van der Waals surface area (Å²) in [5.74, 6) is -1.23. The largest absolute Gasteiger partial charge is 0.352 e. The number of hydrogen-bond donors (Lipinski definition) is 3. The lowest BCUT2D eigenvalue weighted by Gasteiger charge is -2.13. The highest BCUT2D eigenvalue weighted by atomic mass is 32.1. The van der Waals surface area contributed by atoms with E-state index in [0.717, 1.165) is 18.2 Å². The Morgan fingerprint density at radius 2 is 1.59 bits per heavy atom. The molecule has 0 fully saturated rings. The average Bonchev–Trinajstić information content (AvgIpc) is 2.67. The predicted octanol–water partition coefficient (Wildman–Crippen LogP) is 2.38. The number of non-ortho nitro benzene ring substituents is 2. The second-order valence-electron chi connectivity index (χ2n) is 5.57. The topological polar surface area (TPSA) is 157 Å². The van der Waals surface area contributed by atoms with Crippen molar-refractivity contribution in [3.05, 3.63) is 73.8 Å².